The molecule has 146 valence electrons. The lowest BCUT2D eigenvalue weighted by atomic mass is 9.94. The van der Waals surface area contributed by atoms with E-state index in [1.54, 1.807) is 22.9 Å². The van der Waals surface area contributed by atoms with E-state index < -0.39 is 12.1 Å². The zero-order valence-electron chi connectivity index (χ0n) is 15.9. The molecule has 0 atom stereocenters. The smallest absolute Gasteiger partial charge is 0.518 e. The third kappa shape index (κ3) is 6.06. The summed E-state index contributed by atoms with van der Waals surface area (Å²) in [5.41, 5.74) is 7.49. The van der Waals surface area contributed by atoms with Crippen LogP contribution in [0.4, 0.5) is 4.79 Å². The molecule has 0 saturated carbocycles. The number of rotatable bonds is 6. The van der Waals surface area contributed by atoms with Crippen molar-refractivity contribution >= 4 is 12.1 Å². The van der Waals surface area contributed by atoms with Crippen LogP contribution in [-0.4, -0.2) is 12.1 Å². The van der Waals surface area contributed by atoms with Gasteiger partial charge in [0.1, 0.15) is 11.3 Å². The van der Waals surface area contributed by atoms with Crippen molar-refractivity contribution in [3.63, 3.8) is 0 Å². The fourth-order valence-electron chi connectivity index (χ4n) is 2.59. The summed E-state index contributed by atoms with van der Waals surface area (Å²) in [6, 6.07) is 9.10. The van der Waals surface area contributed by atoms with Crippen molar-refractivity contribution in [3.8, 4) is 5.75 Å². The van der Waals surface area contributed by atoms with Gasteiger partial charge in [-0.05, 0) is 29.0 Å². The monoisotopic (exact) mass is 436 g/mol. The lowest BCUT2D eigenvalue weighted by molar-refractivity contribution is -0.727. The van der Waals surface area contributed by atoms with Crippen LogP contribution < -0.4 is 32.0 Å². The van der Waals surface area contributed by atoms with Gasteiger partial charge in [0.2, 0.25) is 0 Å². The molecule has 1 heterocycles. The summed E-state index contributed by atoms with van der Waals surface area (Å²) in [7, 11) is 0. The number of carbonyl (C=O) groups is 2. The predicted molar refractivity (Wildman–Crippen MR) is 96.9 cm³/mol. The van der Waals surface area contributed by atoms with Crippen LogP contribution in [0.3, 0.4) is 0 Å². The first kappa shape index (κ1) is 22.6. The normalized spacial score (nSPS) is 10.4. The second-order valence-electron chi connectivity index (χ2n) is 6.67. The van der Waals surface area contributed by atoms with Gasteiger partial charge in [-0.3, -0.25) is 4.79 Å². The Kier molecular flexibility index (Phi) is 8.43. The van der Waals surface area contributed by atoms with E-state index >= 15 is 0 Å². The molecule has 0 radical (unpaired) electrons. The van der Waals surface area contributed by atoms with Crippen molar-refractivity contribution in [1.82, 2.24) is 0 Å². The second kappa shape index (κ2) is 10.1. The summed E-state index contributed by atoms with van der Waals surface area (Å²) in [6.07, 6.45) is 2.38. The average molecular weight is 437 g/mol. The number of ether oxygens (including phenoxy) is 2. The maximum absolute atomic E-state index is 12.2. The quantitative estimate of drug-likeness (QED) is 0.406. The fourth-order valence-corrected chi connectivity index (χ4v) is 2.59. The van der Waals surface area contributed by atoms with Crippen molar-refractivity contribution in [3.05, 3.63) is 59.4 Å². The number of nitrogens with zero attached hydrogens (tertiary/aromatic N) is 1. The Morgan fingerprint density at radius 2 is 1.63 bits per heavy atom. The molecule has 7 heteroatoms. The van der Waals surface area contributed by atoms with Gasteiger partial charge in [0.25, 0.3) is 12.6 Å². The molecule has 1 amide bonds. The summed E-state index contributed by atoms with van der Waals surface area (Å²) in [5, 5.41) is 0. The standard InChI is InChI=1S/C20H24N2O4.BrH/c1-13(2)16-8-5-9-17(14(3)4)18(16)26-20(24)25-12-22-10-6-7-15(11-22)19(21)23;/h5-11,13-14H,12H2,1-4H3,(H-,21,23);1H. The number of carbonyl (C=O) groups excluding carboxylic acids is 2. The lowest BCUT2D eigenvalue weighted by Gasteiger charge is -2.18. The van der Waals surface area contributed by atoms with Gasteiger partial charge in [-0.2, -0.15) is 4.57 Å². The highest BCUT2D eigenvalue weighted by atomic mass is 79.9. The molecule has 0 aliphatic heterocycles. The molecule has 0 spiro atoms. The number of nitrogens with two attached hydrogens (primary N) is 1. The summed E-state index contributed by atoms with van der Waals surface area (Å²) in [6.45, 7) is 8.10. The molecule has 0 saturated heterocycles. The van der Waals surface area contributed by atoms with Crippen molar-refractivity contribution in [2.75, 3.05) is 0 Å². The molecular weight excluding hydrogens is 412 g/mol. The molecule has 0 unspecified atom stereocenters. The van der Waals surface area contributed by atoms with Crippen LogP contribution in [0.15, 0.2) is 42.7 Å². The number of pyridine rings is 1. The Morgan fingerprint density at radius 3 is 2.15 bits per heavy atom. The number of primary amides is 1. The van der Waals surface area contributed by atoms with Gasteiger partial charge in [-0.15, -0.1) is 0 Å². The largest absolute Gasteiger partial charge is 1.00 e. The molecule has 6 nitrogen and oxygen atoms in total. The van der Waals surface area contributed by atoms with E-state index in [9.17, 15) is 9.59 Å². The van der Waals surface area contributed by atoms with E-state index in [0.717, 1.165) is 11.1 Å². The Balaban J connectivity index is 0.00000364. The SMILES string of the molecule is CC(C)c1cccc(C(C)C)c1OC(=O)OC[n+]1cccc(C(N)=O)c1.[Br-]. The van der Waals surface area contributed by atoms with E-state index in [0.29, 0.717) is 11.3 Å². The van der Waals surface area contributed by atoms with Crippen LogP contribution in [0.5, 0.6) is 5.75 Å². The van der Waals surface area contributed by atoms with Gasteiger partial charge in [-0.25, -0.2) is 4.79 Å². The highest BCUT2D eigenvalue weighted by Gasteiger charge is 2.19. The number of hydrogen-bond acceptors (Lipinski definition) is 4. The van der Waals surface area contributed by atoms with Crippen LogP contribution in [0.2, 0.25) is 0 Å². The summed E-state index contributed by atoms with van der Waals surface area (Å²) in [4.78, 5) is 23.4. The Labute approximate surface area is 170 Å². The zero-order chi connectivity index (χ0) is 19.3. The highest BCUT2D eigenvalue weighted by molar-refractivity contribution is 5.92. The van der Waals surface area contributed by atoms with Gasteiger partial charge in [0.05, 0.1) is 0 Å². The van der Waals surface area contributed by atoms with Crippen LogP contribution in [0, 0.1) is 0 Å². The average Bonchev–Trinajstić information content (AvgIpc) is 2.60. The molecule has 0 fully saturated rings. The maximum atomic E-state index is 12.2. The lowest BCUT2D eigenvalue weighted by Crippen LogP contribution is -3.00. The van der Waals surface area contributed by atoms with E-state index in [-0.39, 0.29) is 35.5 Å². The van der Waals surface area contributed by atoms with Gasteiger partial charge in [0.15, 0.2) is 12.4 Å². The van der Waals surface area contributed by atoms with Crippen LogP contribution in [0.25, 0.3) is 0 Å². The summed E-state index contributed by atoms with van der Waals surface area (Å²) in [5.74, 6) is 0.420. The second-order valence-corrected chi connectivity index (χ2v) is 6.67. The fraction of sp³-hybridized carbons (Fsp3) is 0.350. The minimum Gasteiger partial charge on any atom is -1.00 e. The molecule has 2 rings (SSSR count). The number of para-hydroxylation sites is 1. The number of benzene rings is 1. The first-order valence-corrected chi connectivity index (χ1v) is 8.56. The summed E-state index contributed by atoms with van der Waals surface area (Å²) >= 11 is 0. The van der Waals surface area contributed by atoms with E-state index in [2.05, 4.69) is 0 Å². The van der Waals surface area contributed by atoms with E-state index in [1.165, 1.54) is 6.20 Å². The Morgan fingerprint density at radius 1 is 1.04 bits per heavy atom. The molecule has 1 aromatic heterocycles. The molecule has 2 N–H and O–H groups in total. The third-order valence-electron chi connectivity index (χ3n) is 3.98. The van der Waals surface area contributed by atoms with E-state index in [4.69, 9.17) is 15.2 Å². The van der Waals surface area contributed by atoms with Crippen LogP contribution in [0.1, 0.15) is 61.0 Å². The number of hydrogen-bond donors (Lipinski definition) is 1. The molecule has 27 heavy (non-hydrogen) atoms. The van der Waals surface area contributed by atoms with Gasteiger partial charge < -0.3 is 32.2 Å². The first-order chi connectivity index (χ1) is 12.3. The Hall–Kier alpha value is -2.41. The zero-order valence-corrected chi connectivity index (χ0v) is 17.5. The van der Waals surface area contributed by atoms with Crippen molar-refractivity contribution in [1.29, 1.82) is 0 Å². The minimum atomic E-state index is -0.794. The topological polar surface area (TPSA) is 82.5 Å². The maximum Gasteiger partial charge on any atom is 0.518 e. The van der Waals surface area contributed by atoms with Gasteiger partial charge in [-0.1, -0.05) is 45.9 Å². The third-order valence-corrected chi connectivity index (χ3v) is 3.98. The Bertz CT molecular complexity index is 780. The van der Waals surface area contributed by atoms with Crippen LogP contribution in [-0.2, 0) is 11.5 Å². The number of halogens is 1. The van der Waals surface area contributed by atoms with Crippen molar-refractivity contribution < 1.29 is 40.6 Å². The number of aromatic nitrogens is 1. The van der Waals surface area contributed by atoms with Crippen LogP contribution >= 0.6 is 0 Å². The molecule has 2 aromatic rings. The van der Waals surface area contributed by atoms with Crippen molar-refractivity contribution in [2.24, 2.45) is 5.73 Å². The summed E-state index contributed by atoms with van der Waals surface area (Å²) < 4.78 is 12.3. The number of amides is 1. The highest BCUT2D eigenvalue weighted by Crippen LogP contribution is 2.34. The van der Waals surface area contributed by atoms with Gasteiger partial charge in [0, 0.05) is 6.07 Å². The molecular formula is C20H25BrN2O4. The molecule has 0 aliphatic rings. The molecule has 0 bridgehead atoms. The predicted octanol–water partition coefficient (Wildman–Crippen LogP) is 0.497. The minimum absolute atomic E-state index is 0. The van der Waals surface area contributed by atoms with E-state index in [1.807, 2.05) is 45.9 Å². The molecule has 1 aromatic carbocycles. The van der Waals surface area contributed by atoms with Gasteiger partial charge >= 0.3 is 6.16 Å². The molecule has 0 aliphatic carbocycles. The first-order valence-electron chi connectivity index (χ1n) is 8.56. The van der Waals surface area contributed by atoms with Crippen molar-refractivity contribution in [2.45, 2.75) is 46.3 Å².